The van der Waals surface area contributed by atoms with E-state index in [-0.39, 0.29) is 5.56 Å². The Morgan fingerprint density at radius 2 is 2.06 bits per heavy atom. The van der Waals surface area contributed by atoms with E-state index in [1.54, 1.807) is 6.07 Å². The first kappa shape index (κ1) is 11.4. The Kier molecular flexibility index (Phi) is 2.95. The van der Waals surface area contributed by atoms with Crippen LogP contribution >= 0.6 is 0 Å². The van der Waals surface area contributed by atoms with E-state index in [1.165, 1.54) is 6.07 Å². The van der Waals surface area contributed by atoms with Gasteiger partial charge in [0, 0.05) is 11.6 Å². The summed E-state index contributed by atoms with van der Waals surface area (Å²) in [7, 11) is 0. The van der Waals surface area contributed by atoms with Crippen molar-refractivity contribution in [2.45, 2.75) is 20.3 Å². The molecule has 0 unspecified atom stereocenters. The van der Waals surface area contributed by atoms with Crippen molar-refractivity contribution in [3.05, 3.63) is 28.0 Å². The minimum Gasteiger partial charge on any atom is -0.382 e. The quantitative estimate of drug-likeness (QED) is 0.734. The Morgan fingerprint density at radius 1 is 1.29 bits per heavy atom. The SMILES string of the molecule is CC(C)Cc1c(N)n[nH]c1-c1ccc(=O)[nH]n1. The first-order valence-electron chi connectivity index (χ1n) is 5.46. The fraction of sp³-hybridized carbons (Fsp3) is 0.364. The number of rotatable bonds is 3. The van der Waals surface area contributed by atoms with E-state index in [0.717, 1.165) is 17.7 Å². The summed E-state index contributed by atoms with van der Waals surface area (Å²) in [5.74, 6) is 0.957. The highest BCUT2D eigenvalue weighted by atomic mass is 16.1. The number of aromatic amines is 2. The standard InChI is InChI=1S/C11H15N5O/c1-6(2)5-7-10(15-16-11(7)12)8-3-4-9(17)14-13-8/h3-4,6H,5H2,1-2H3,(H,14,17)(H3,12,15,16). The summed E-state index contributed by atoms with van der Waals surface area (Å²) in [5.41, 5.74) is 7.94. The molecule has 4 N–H and O–H groups in total. The first-order valence-corrected chi connectivity index (χ1v) is 5.46. The van der Waals surface area contributed by atoms with Crippen LogP contribution in [0.15, 0.2) is 16.9 Å². The number of nitrogen functional groups attached to an aromatic ring is 1. The van der Waals surface area contributed by atoms with Gasteiger partial charge in [-0.15, -0.1) is 0 Å². The maximum Gasteiger partial charge on any atom is 0.264 e. The highest BCUT2D eigenvalue weighted by molar-refractivity contribution is 5.64. The third-order valence-corrected chi connectivity index (χ3v) is 2.45. The molecule has 17 heavy (non-hydrogen) atoms. The summed E-state index contributed by atoms with van der Waals surface area (Å²) in [6.07, 6.45) is 0.818. The van der Waals surface area contributed by atoms with Crippen LogP contribution in [0.3, 0.4) is 0 Å². The lowest BCUT2D eigenvalue weighted by molar-refractivity contribution is 0.649. The zero-order valence-electron chi connectivity index (χ0n) is 9.82. The van der Waals surface area contributed by atoms with E-state index in [9.17, 15) is 4.79 Å². The second-order valence-corrected chi connectivity index (χ2v) is 4.37. The van der Waals surface area contributed by atoms with Gasteiger partial charge >= 0.3 is 0 Å². The molecular weight excluding hydrogens is 218 g/mol. The van der Waals surface area contributed by atoms with Crippen molar-refractivity contribution in [3.63, 3.8) is 0 Å². The maximum atomic E-state index is 11.0. The molecule has 0 atom stereocenters. The first-order chi connectivity index (χ1) is 8.08. The van der Waals surface area contributed by atoms with Gasteiger partial charge in [0.15, 0.2) is 0 Å². The zero-order chi connectivity index (χ0) is 12.4. The molecule has 90 valence electrons. The number of H-pyrrole nitrogens is 2. The molecule has 0 aliphatic carbocycles. The molecule has 0 aromatic carbocycles. The Labute approximate surface area is 98.3 Å². The predicted molar refractivity (Wildman–Crippen MR) is 65.4 cm³/mol. The summed E-state index contributed by atoms with van der Waals surface area (Å²) in [5, 5.41) is 13.2. The fourth-order valence-corrected chi connectivity index (χ4v) is 1.69. The van der Waals surface area contributed by atoms with Crippen LogP contribution < -0.4 is 11.3 Å². The third-order valence-electron chi connectivity index (χ3n) is 2.45. The number of hydrogen-bond donors (Lipinski definition) is 3. The van der Waals surface area contributed by atoms with Gasteiger partial charge in [0.25, 0.3) is 5.56 Å². The monoisotopic (exact) mass is 233 g/mol. The second-order valence-electron chi connectivity index (χ2n) is 4.37. The fourth-order valence-electron chi connectivity index (χ4n) is 1.69. The summed E-state index contributed by atoms with van der Waals surface area (Å²) in [4.78, 5) is 11.0. The van der Waals surface area contributed by atoms with Gasteiger partial charge < -0.3 is 5.73 Å². The molecule has 0 aliphatic rings. The summed E-state index contributed by atoms with van der Waals surface area (Å²) in [6, 6.07) is 3.08. The van der Waals surface area contributed by atoms with E-state index in [4.69, 9.17) is 5.73 Å². The van der Waals surface area contributed by atoms with Crippen LogP contribution in [0.1, 0.15) is 19.4 Å². The molecule has 2 rings (SSSR count). The third kappa shape index (κ3) is 2.35. The highest BCUT2D eigenvalue weighted by Gasteiger charge is 2.14. The van der Waals surface area contributed by atoms with E-state index in [1.807, 2.05) is 0 Å². The molecule has 0 aliphatic heterocycles. The Hall–Kier alpha value is -2.11. The minimum atomic E-state index is -0.230. The van der Waals surface area contributed by atoms with E-state index in [0.29, 0.717) is 17.4 Å². The van der Waals surface area contributed by atoms with Gasteiger partial charge in [0.1, 0.15) is 11.5 Å². The van der Waals surface area contributed by atoms with Gasteiger partial charge in [-0.3, -0.25) is 9.89 Å². The van der Waals surface area contributed by atoms with Crippen molar-refractivity contribution in [2.24, 2.45) is 5.92 Å². The molecule has 0 saturated heterocycles. The highest BCUT2D eigenvalue weighted by Crippen LogP contribution is 2.25. The lowest BCUT2D eigenvalue weighted by atomic mass is 10.0. The molecule has 2 aromatic rings. The van der Waals surface area contributed by atoms with Crippen molar-refractivity contribution in [1.82, 2.24) is 20.4 Å². The van der Waals surface area contributed by atoms with Crippen LogP contribution in [0.4, 0.5) is 5.82 Å². The molecule has 0 fully saturated rings. The van der Waals surface area contributed by atoms with Crippen LogP contribution in [0.2, 0.25) is 0 Å². The predicted octanol–water partition coefficient (Wildman–Crippen LogP) is 0.941. The Bertz CT molecular complexity index is 549. The number of nitrogens with two attached hydrogens (primary N) is 1. The van der Waals surface area contributed by atoms with Crippen LogP contribution in [-0.4, -0.2) is 20.4 Å². The van der Waals surface area contributed by atoms with Gasteiger partial charge in [0.05, 0.1) is 5.69 Å². The lowest BCUT2D eigenvalue weighted by Crippen LogP contribution is -2.06. The van der Waals surface area contributed by atoms with E-state index in [2.05, 4.69) is 34.2 Å². The maximum absolute atomic E-state index is 11.0. The normalized spacial score (nSPS) is 11.0. The number of nitrogens with zero attached hydrogens (tertiary/aromatic N) is 2. The van der Waals surface area contributed by atoms with Gasteiger partial charge in [-0.25, -0.2) is 5.10 Å². The van der Waals surface area contributed by atoms with Crippen molar-refractivity contribution in [3.8, 4) is 11.4 Å². The van der Waals surface area contributed by atoms with Crippen LogP contribution in [0.25, 0.3) is 11.4 Å². The number of aromatic nitrogens is 4. The minimum absolute atomic E-state index is 0.230. The lowest BCUT2D eigenvalue weighted by Gasteiger charge is -2.05. The Morgan fingerprint density at radius 3 is 2.65 bits per heavy atom. The Balaban J connectivity index is 2.45. The second kappa shape index (κ2) is 4.40. The number of anilines is 1. The summed E-state index contributed by atoms with van der Waals surface area (Å²) >= 11 is 0. The molecule has 0 spiro atoms. The van der Waals surface area contributed by atoms with Crippen molar-refractivity contribution in [1.29, 1.82) is 0 Å². The molecule has 0 saturated carbocycles. The summed E-state index contributed by atoms with van der Waals surface area (Å²) in [6.45, 7) is 4.22. The smallest absolute Gasteiger partial charge is 0.264 e. The number of nitrogens with one attached hydrogen (secondary N) is 2. The van der Waals surface area contributed by atoms with E-state index >= 15 is 0 Å². The van der Waals surface area contributed by atoms with Crippen molar-refractivity contribution < 1.29 is 0 Å². The van der Waals surface area contributed by atoms with Crippen LogP contribution in [0.5, 0.6) is 0 Å². The van der Waals surface area contributed by atoms with Crippen molar-refractivity contribution in [2.75, 3.05) is 5.73 Å². The van der Waals surface area contributed by atoms with Gasteiger partial charge in [-0.05, 0) is 18.4 Å². The summed E-state index contributed by atoms with van der Waals surface area (Å²) < 4.78 is 0. The molecule has 0 bridgehead atoms. The van der Waals surface area contributed by atoms with Crippen LogP contribution in [-0.2, 0) is 6.42 Å². The molecule has 0 radical (unpaired) electrons. The van der Waals surface area contributed by atoms with Crippen molar-refractivity contribution >= 4 is 5.82 Å². The van der Waals surface area contributed by atoms with Gasteiger partial charge in [-0.1, -0.05) is 13.8 Å². The largest absolute Gasteiger partial charge is 0.382 e. The van der Waals surface area contributed by atoms with E-state index < -0.39 is 0 Å². The topological polar surface area (TPSA) is 100 Å². The number of hydrogen-bond acceptors (Lipinski definition) is 4. The average molecular weight is 233 g/mol. The molecule has 6 heteroatoms. The zero-order valence-corrected chi connectivity index (χ0v) is 9.82. The van der Waals surface area contributed by atoms with Gasteiger partial charge in [0.2, 0.25) is 0 Å². The van der Waals surface area contributed by atoms with Gasteiger partial charge in [-0.2, -0.15) is 10.2 Å². The molecule has 2 aromatic heterocycles. The molecule has 6 nitrogen and oxygen atoms in total. The van der Waals surface area contributed by atoms with Crippen LogP contribution in [0, 0.1) is 5.92 Å². The molecular formula is C11H15N5O. The average Bonchev–Trinajstić information content (AvgIpc) is 2.61. The molecule has 2 heterocycles. The molecule has 0 amide bonds.